The Balaban J connectivity index is 1.44. The lowest BCUT2D eigenvalue weighted by atomic mass is 10.1. The van der Waals surface area contributed by atoms with Crippen molar-refractivity contribution in [3.63, 3.8) is 0 Å². The number of hydrogen-bond donors (Lipinski definition) is 3. The molecule has 24 heavy (non-hydrogen) atoms. The average molecular weight is 328 g/mol. The Kier molecular flexibility index (Phi) is 5.10. The van der Waals surface area contributed by atoms with Crippen molar-refractivity contribution in [3.05, 3.63) is 41.5 Å². The van der Waals surface area contributed by atoms with Crippen LogP contribution in [0.15, 0.2) is 24.4 Å². The molecule has 3 rings (SSSR count). The molecule has 1 aliphatic heterocycles. The third kappa shape index (κ3) is 4.11. The van der Waals surface area contributed by atoms with Crippen LogP contribution in [0.5, 0.6) is 0 Å². The predicted octanol–water partition coefficient (Wildman–Crippen LogP) is 2.21. The summed E-state index contributed by atoms with van der Waals surface area (Å²) in [5.41, 5.74) is 3.52. The van der Waals surface area contributed by atoms with Crippen molar-refractivity contribution in [2.24, 2.45) is 0 Å². The molecule has 0 spiro atoms. The van der Waals surface area contributed by atoms with Crippen molar-refractivity contribution in [1.82, 2.24) is 25.4 Å². The van der Waals surface area contributed by atoms with E-state index >= 15 is 0 Å². The Morgan fingerprint density at radius 1 is 1.33 bits per heavy atom. The van der Waals surface area contributed by atoms with E-state index in [4.69, 9.17) is 0 Å². The zero-order valence-electron chi connectivity index (χ0n) is 14.2. The summed E-state index contributed by atoms with van der Waals surface area (Å²) in [5, 5.41) is 12.9. The molecule has 128 valence electrons. The Hall–Kier alpha value is -2.41. The number of likely N-dealkylation sites (tertiary alicyclic amines) is 1. The first-order chi connectivity index (χ1) is 11.6. The van der Waals surface area contributed by atoms with Gasteiger partial charge in [-0.15, -0.1) is 0 Å². The van der Waals surface area contributed by atoms with Gasteiger partial charge in [-0.1, -0.05) is 6.07 Å². The number of nitrogens with zero attached hydrogens (tertiary/aromatic N) is 3. The standard InChI is InChI=1S/C17H24N6O/c1-12-16(13(2)22-21-12)20-17(24)19-14-6-9-23(10-7-14)11-15-5-3-4-8-18-15/h3-5,8,14H,6-7,9-11H2,1-2H3,(H,21,22)(H2,19,20,24). The van der Waals surface area contributed by atoms with Gasteiger partial charge in [0, 0.05) is 31.9 Å². The van der Waals surface area contributed by atoms with Crippen LogP contribution in [-0.4, -0.2) is 45.2 Å². The van der Waals surface area contributed by atoms with E-state index in [-0.39, 0.29) is 12.1 Å². The highest BCUT2D eigenvalue weighted by Crippen LogP contribution is 2.17. The van der Waals surface area contributed by atoms with Crippen molar-refractivity contribution >= 4 is 11.7 Å². The topological polar surface area (TPSA) is 85.9 Å². The fourth-order valence-electron chi connectivity index (χ4n) is 3.03. The van der Waals surface area contributed by atoms with E-state index < -0.39 is 0 Å². The Morgan fingerprint density at radius 2 is 2.12 bits per heavy atom. The number of carbonyl (C=O) groups excluding carboxylic acids is 1. The van der Waals surface area contributed by atoms with Gasteiger partial charge in [-0.05, 0) is 38.8 Å². The number of anilines is 1. The van der Waals surface area contributed by atoms with E-state index in [0.29, 0.717) is 0 Å². The lowest BCUT2D eigenvalue weighted by Gasteiger charge is -2.32. The number of aryl methyl sites for hydroxylation is 2. The number of hydrogen-bond acceptors (Lipinski definition) is 4. The number of amides is 2. The van der Waals surface area contributed by atoms with Crippen molar-refractivity contribution in [1.29, 1.82) is 0 Å². The highest BCUT2D eigenvalue weighted by Gasteiger charge is 2.21. The SMILES string of the molecule is Cc1n[nH]c(C)c1NC(=O)NC1CCN(Cc2ccccn2)CC1. The molecule has 0 radical (unpaired) electrons. The smallest absolute Gasteiger partial charge is 0.319 e. The van der Waals surface area contributed by atoms with Crippen molar-refractivity contribution in [2.45, 2.75) is 39.3 Å². The van der Waals surface area contributed by atoms with Crippen LogP contribution in [0.2, 0.25) is 0 Å². The van der Waals surface area contributed by atoms with Crippen LogP contribution in [0.4, 0.5) is 10.5 Å². The Bertz CT molecular complexity index is 656. The van der Waals surface area contributed by atoms with E-state index in [2.05, 4.69) is 30.7 Å². The first-order valence-corrected chi connectivity index (χ1v) is 8.33. The van der Waals surface area contributed by atoms with Crippen molar-refractivity contribution < 1.29 is 4.79 Å². The van der Waals surface area contributed by atoms with Crippen LogP contribution in [0.3, 0.4) is 0 Å². The summed E-state index contributed by atoms with van der Waals surface area (Å²) in [4.78, 5) is 18.9. The number of aromatic amines is 1. The zero-order valence-corrected chi connectivity index (χ0v) is 14.2. The summed E-state index contributed by atoms with van der Waals surface area (Å²) in [7, 11) is 0. The van der Waals surface area contributed by atoms with Crippen LogP contribution < -0.4 is 10.6 Å². The van der Waals surface area contributed by atoms with Crippen LogP contribution in [-0.2, 0) is 6.54 Å². The molecule has 2 amide bonds. The molecule has 0 aliphatic carbocycles. The van der Waals surface area contributed by atoms with Crippen molar-refractivity contribution in [2.75, 3.05) is 18.4 Å². The minimum atomic E-state index is -0.161. The largest absolute Gasteiger partial charge is 0.335 e. The van der Waals surface area contributed by atoms with Gasteiger partial charge in [0.25, 0.3) is 0 Å². The van der Waals surface area contributed by atoms with Gasteiger partial charge in [-0.2, -0.15) is 5.10 Å². The van der Waals surface area contributed by atoms with E-state index in [0.717, 1.165) is 55.2 Å². The molecule has 0 saturated carbocycles. The van der Waals surface area contributed by atoms with Gasteiger partial charge in [0.1, 0.15) is 0 Å². The molecule has 1 saturated heterocycles. The first kappa shape index (κ1) is 16.4. The van der Waals surface area contributed by atoms with E-state index in [1.165, 1.54) is 0 Å². The van der Waals surface area contributed by atoms with Crippen LogP contribution in [0.25, 0.3) is 0 Å². The Morgan fingerprint density at radius 3 is 2.75 bits per heavy atom. The fourth-order valence-corrected chi connectivity index (χ4v) is 3.03. The van der Waals surface area contributed by atoms with Gasteiger partial charge in [-0.3, -0.25) is 15.0 Å². The molecule has 3 heterocycles. The molecular formula is C17H24N6O. The first-order valence-electron chi connectivity index (χ1n) is 8.33. The highest BCUT2D eigenvalue weighted by molar-refractivity contribution is 5.90. The number of aromatic nitrogens is 3. The maximum absolute atomic E-state index is 12.2. The number of piperidine rings is 1. The molecule has 0 bridgehead atoms. The van der Waals surface area contributed by atoms with Crippen LogP contribution in [0, 0.1) is 13.8 Å². The zero-order chi connectivity index (χ0) is 16.9. The third-order valence-electron chi connectivity index (χ3n) is 4.40. The minimum Gasteiger partial charge on any atom is -0.335 e. The minimum absolute atomic E-state index is 0.161. The van der Waals surface area contributed by atoms with E-state index in [1.54, 1.807) is 0 Å². The molecule has 2 aromatic heterocycles. The van der Waals surface area contributed by atoms with Gasteiger partial charge >= 0.3 is 6.03 Å². The number of pyridine rings is 1. The number of rotatable bonds is 4. The van der Waals surface area contributed by atoms with Gasteiger partial charge in [0.15, 0.2) is 0 Å². The number of urea groups is 1. The second-order valence-corrected chi connectivity index (χ2v) is 6.28. The molecule has 7 nitrogen and oxygen atoms in total. The summed E-state index contributed by atoms with van der Waals surface area (Å²) in [6.07, 6.45) is 3.72. The number of H-pyrrole nitrogens is 1. The monoisotopic (exact) mass is 328 g/mol. The van der Waals surface area contributed by atoms with Crippen molar-refractivity contribution in [3.8, 4) is 0 Å². The maximum Gasteiger partial charge on any atom is 0.319 e. The molecule has 7 heteroatoms. The second kappa shape index (κ2) is 7.44. The summed E-state index contributed by atoms with van der Waals surface area (Å²) in [6, 6.07) is 6.04. The lowest BCUT2D eigenvalue weighted by molar-refractivity contribution is 0.188. The summed E-state index contributed by atoms with van der Waals surface area (Å²) in [5.74, 6) is 0. The summed E-state index contributed by atoms with van der Waals surface area (Å²) in [6.45, 7) is 6.56. The quantitative estimate of drug-likeness (QED) is 0.803. The van der Waals surface area contributed by atoms with Gasteiger partial charge in [0.05, 0.1) is 22.8 Å². The molecule has 3 N–H and O–H groups in total. The molecule has 2 aromatic rings. The van der Waals surface area contributed by atoms with Crippen LogP contribution in [0.1, 0.15) is 29.9 Å². The maximum atomic E-state index is 12.2. The third-order valence-corrected chi connectivity index (χ3v) is 4.40. The summed E-state index contributed by atoms with van der Waals surface area (Å²) >= 11 is 0. The molecule has 0 aromatic carbocycles. The number of nitrogens with one attached hydrogen (secondary N) is 3. The molecule has 1 aliphatic rings. The average Bonchev–Trinajstić information content (AvgIpc) is 2.89. The Labute approximate surface area is 141 Å². The van der Waals surface area contributed by atoms with Gasteiger partial charge < -0.3 is 10.6 Å². The van der Waals surface area contributed by atoms with Gasteiger partial charge in [0.2, 0.25) is 0 Å². The normalized spacial score (nSPS) is 16.1. The van der Waals surface area contributed by atoms with Gasteiger partial charge in [-0.25, -0.2) is 4.79 Å². The van der Waals surface area contributed by atoms with E-state index in [9.17, 15) is 4.79 Å². The lowest BCUT2D eigenvalue weighted by Crippen LogP contribution is -2.45. The molecule has 1 fully saturated rings. The predicted molar refractivity (Wildman–Crippen MR) is 92.8 cm³/mol. The summed E-state index contributed by atoms with van der Waals surface area (Å²) < 4.78 is 0. The number of carbonyl (C=O) groups is 1. The molecule has 0 atom stereocenters. The fraction of sp³-hybridized carbons (Fsp3) is 0.471. The highest BCUT2D eigenvalue weighted by atomic mass is 16.2. The van der Waals surface area contributed by atoms with Crippen LogP contribution >= 0.6 is 0 Å². The molecule has 0 unspecified atom stereocenters. The molecular weight excluding hydrogens is 304 g/mol. The van der Waals surface area contributed by atoms with E-state index in [1.807, 2.05) is 38.2 Å². The second-order valence-electron chi connectivity index (χ2n) is 6.28.